The van der Waals surface area contributed by atoms with Crippen molar-refractivity contribution in [2.24, 2.45) is 5.41 Å². The Morgan fingerprint density at radius 1 is 1.22 bits per heavy atom. The van der Waals surface area contributed by atoms with Crippen molar-refractivity contribution in [1.29, 1.82) is 0 Å². The van der Waals surface area contributed by atoms with Gasteiger partial charge >= 0.3 is 0 Å². The molecule has 2 nitrogen and oxygen atoms in total. The van der Waals surface area contributed by atoms with Crippen LogP contribution in [0.5, 0.6) is 0 Å². The average Bonchev–Trinajstić information content (AvgIpc) is 2.38. The summed E-state index contributed by atoms with van der Waals surface area (Å²) in [6.07, 6.45) is 2.63. The van der Waals surface area contributed by atoms with Gasteiger partial charge in [0, 0.05) is 25.1 Å². The van der Waals surface area contributed by atoms with Gasteiger partial charge in [-0.25, -0.2) is 0 Å². The maximum Gasteiger partial charge on any atom is 0.0652 e. The Labute approximate surface area is 111 Å². The van der Waals surface area contributed by atoms with Crippen molar-refractivity contribution in [1.82, 2.24) is 5.32 Å². The molecule has 1 N–H and O–H groups in total. The van der Waals surface area contributed by atoms with Crippen LogP contribution in [0, 0.1) is 5.41 Å². The first-order valence-electron chi connectivity index (χ1n) is 6.92. The normalized spacial score (nSPS) is 25.8. The first kappa shape index (κ1) is 13.6. The van der Waals surface area contributed by atoms with E-state index in [4.69, 9.17) is 4.74 Å². The monoisotopic (exact) mass is 247 g/mol. The summed E-state index contributed by atoms with van der Waals surface area (Å²) in [5, 5.41) is 3.65. The maximum atomic E-state index is 5.47. The second-order valence-electron chi connectivity index (χ2n) is 5.88. The van der Waals surface area contributed by atoms with Crippen LogP contribution in [-0.2, 0) is 17.7 Å². The smallest absolute Gasteiger partial charge is 0.0652 e. The Bertz CT molecular complexity index is 383. The van der Waals surface area contributed by atoms with E-state index in [1.807, 2.05) is 7.11 Å². The van der Waals surface area contributed by atoms with Crippen molar-refractivity contribution < 1.29 is 4.74 Å². The lowest BCUT2D eigenvalue weighted by atomic mass is 9.64. The van der Waals surface area contributed by atoms with Crippen LogP contribution < -0.4 is 5.32 Å². The van der Waals surface area contributed by atoms with E-state index in [0.29, 0.717) is 12.1 Å². The van der Waals surface area contributed by atoms with Crippen molar-refractivity contribution in [2.75, 3.05) is 7.11 Å². The Morgan fingerprint density at radius 3 is 2.33 bits per heavy atom. The minimum Gasteiger partial charge on any atom is -0.381 e. The van der Waals surface area contributed by atoms with Gasteiger partial charge in [-0.3, -0.25) is 0 Å². The summed E-state index contributed by atoms with van der Waals surface area (Å²) >= 11 is 0. The summed E-state index contributed by atoms with van der Waals surface area (Å²) in [6, 6.07) is 9.46. The molecule has 0 bridgehead atoms. The second-order valence-corrected chi connectivity index (χ2v) is 5.88. The quantitative estimate of drug-likeness (QED) is 0.863. The van der Waals surface area contributed by atoms with Gasteiger partial charge in [-0.2, -0.15) is 0 Å². The van der Waals surface area contributed by atoms with Crippen LogP contribution >= 0.6 is 0 Å². The van der Waals surface area contributed by atoms with Crippen LogP contribution in [0.1, 0.15) is 38.3 Å². The van der Waals surface area contributed by atoms with Crippen molar-refractivity contribution in [3.05, 3.63) is 35.4 Å². The van der Waals surface area contributed by atoms with Gasteiger partial charge in [0.05, 0.1) is 6.10 Å². The Balaban J connectivity index is 1.85. The van der Waals surface area contributed by atoms with Crippen LogP contribution in [-0.4, -0.2) is 19.3 Å². The summed E-state index contributed by atoms with van der Waals surface area (Å²) in [6.45, 7) is 7.70. The molecule has 2 atom stereocenters. The summed E-state index contributed by atoms with van der Waals surface area (Å²) in [5.74, 6) is 0. The zero-order valence-electron chi connectivity index (χ0n) is 12.0. The topological polar surface area (TPSA) is 21.3 Å². The maximum absolute atomic E-state index is 5.47. The van der Waals surface area contributed by atoms with Gasteiger partial charge in [-0.1, -0.05) is 45.0 Å². The van der Waals surface area contributed by atoms with E-state index in [1.165, 1.54) is 11.1 Å². The van der Waals surface area contributed by atoms with E-state index in [-0.39, 0.29) is 5.41 Å². The highest BCUT2D eigenvalue weighted by Crippen LogP contribution is 2.42. The Morgan fingerprint density at radius 2 is 1.83 bits per heavy atom. The fourth-order valence-electron chi connectivity index (χ4n) is 2.77. The van der Waals surface area contributed by atoms with E-state index in [9.17, 15) is 0 Å². The first-order valence-corrected chi connectivity index (χ1v) is 6.92. The highest BCUT2D eigenvalue weighted by molar-refractivity contribution is 5.22. The molecule has 0 amide bonds. The van der Waals surface area contributed by atoms with Crippen molar-refractivity contribution in [3.8, 4) is 0 Å². The average molecular weight is 247 g/mol. The van der Waals surface area contributed by atoms with Crippen LogP contribution in [0.4, 0.5) is 0 Å². The predicted molar refractivity (Wildman–Crippen MR) is 75.6 cm³/mol. The van der Waals surface area contributed by atoms with Gasteiger partial charge < -0.3 is 10.1 Å². The molecule has 1 aromatic carbocycles. The van der Waals surface area contributed by atoms with Gasteiger partial charge in [-0.15, -0.1) is 0 Å². The van der Waals surface area contributed by atoms with Crippen molar-refractivity contribution in [3.63, 3.8) is 0 Å². The molecular weight excluding hydrogens is 222 g/mol. The summed E-state index contributed by atoms with van der Waals surface area (Å²) in [5.41, 5.74) is 3.02. The van der Waals surface area contributed by atoms with Crippen LogP contribution in [0.25, 0.3) is 0 Å². The number of aryl methyl sites for hydroxylation is 1. The van der Waals surface area contributed by atoms with Gasteiger partial charge in [0.15, 0.2) is 0 Å². The lowest BCUT2D eigenvalue weighted by Crippen LogP contribution is -2.60. The molecule has 0 heterocycles. The van der Waals surface area contributed by atoms with Gasteiger partial charge in [0.25, 0.3) is 0 Å². The molecular formula is C16H25NO. The Kier molecular flexibility index (Phi) is 4.08. The van der Waals surface area contributed by atoms with Crippen LogP contribution in [0.2, 0.25) is 0 Å². The molecule has 1 saturated carbocycles. The van der Waals surface area contributed by atoms with E-state index in [0.717, 1.165) is 19.4 Å². The van der Waals surface area contributed by atoms with E-state index < -0.39 is 0 Å². The third-order valence-corrected chi connectivity index (χ3v) is 4.45. The SMILES string of the molecule is CCc1ccc(CNC2CC(OC)C2(C)C)cc1. The molecule has 18 heavy (non-hydrogen) atoms. The molecule has 1 aromatic rings. The van der Waals surface area contributed by atoms with E-state index in [2.05, 4.69) is 50.4 Å². The third-order valence-electron chi connectivity index (χ3n) is 4.45. The highest BCUT2D eigenvalue weighted by atomic mass is 16.5. The molecule has 2 unspecified atom stereocenters. The summed E-state index contributed by atoms with van der Waals surface area (Å²) in [4.78, 5) is 0. The number of nitrogens with one attached hydrogen (secondary N) is 1. The van der Waals surface area contributed by atoms with Gasteiger partial charge in [0.2, 0.25) is 0 Å². The molecule has 1 aliphatic carbocycles. The van der Waals surface area contributed by atoms with Crippen molar-refractivity contribution in [2.45, 2.75) is 52.3 Å². The highest BCUT2D eigenvalue weighted by Gasteiger charge is 2.48. The molecule has 0 aromatic heterocycles. The summed E-state index contributed by atoms with van der Waals surface area (Å²) in [7, 11) is 1.81. The molecule has 1 fully saturated rings. The van der Waals surface area contributed by atoms with Crippen LogP contribution in [0.3, 0.4) is 0 Å². The molecule has 0 radical (unpaired) electrons. The number of ether oxygens (including phenoxy) is 1. The standard InChI is InChI=1S/C16H25NO/c1-5-12-6-8-13(9-7-12)11-17-14-10-15(18-4)16(14,2)3/h6-9,14-15,17H,5,10-11H2,1-4H3. The fourth-order valence-corrected chi connectivity index (χ4v) is 2.77. The lowest BCUT2D eigenvalue weighted by molar-refractivity contribution is -0.0979. The Hall–Kier alpha value is -0.860. The molecule has 0 aliphatic heterocycles. The molecule has 1 aliphatic rings. The second kappa shape index (κ2) is 5.41. The largest absolute Gasteiger partial charge is 0.381 e. The summed E-state index contributed by atoms with van der Waals surface area (Å²) < 4.78 is 5.47. The van der Waals surface area contributed by atoms with E-state index in [1.54, 1.807) is 0 Å². The molecule has 2 rings (SSSR count). The van der Waals surface area contributed by atoms with Crippen molar-refractivity contribution >= 4 is 0 Å². The lowest BCUT2D eigenvalue weighted by Gasteiger charge is -2.51. The number of hydrogen-bond donors (Lipinski definition) is 1. The minimum absolute atomic E-state index is 0.248. The first-order chi connectivity index (χ1) is 8.57. The predicted octanol–water partition coefficient (Wildman–Crippen LogP) is 3.15. The zero-order valence-corrected chi connectivity index (χ0v) is 12.0. The zero-order chi connectivity index (χ0) is 13.2. The fraction of sp³-hybridized carbons (Fsp3) is 0.625. The molecule has 100 valence electrons. The molecule has 0 spiro atoms. The molecule has 0 saturated heterocycles. The minimum atomic E-state index is 0.248. The third kappa shape index (κ3) is 2.60. The van der Waals surface area contributed by atoms with Gasteiger partial charge in [0.1, 0.15) is 0 Å². The van der Waals surface area contributed by atoms with Crippen LogP contribution in [0.15, 0.2) is 24.3 Å². The number of hydrogen-bond acceptors (Lipinski definition) is 2. The van der Waals surface area contributed by atoms with E-state index >= 15 is 0 Å². The molecule has 2 heteroatoms. The number of benzene rings is 1. The number of rotatable bonds is 5. The number of methoxy groups -OCH3 is 1. The van der Waals surface area contributed by atoms with Gasteiger partial charge in [-0.05, 0) is 24.0 Å².